The molecule has 6 heteroatoms. The van der Waals surface area contributed by atoms with E-state index in [0.717, 1.165) is 0 Å². The van der Waals surface area contributed by atoms with Gasteiger partial charge >= 0.3 is 5.97 Å². The van der Waals surface area contributed by atoms with Crippen LogP contribution < -0.4 is 5.73 Å². The van der Waals surface area contributed by atoms with Crippen molar-refractivity contribution >= 4 is 17.7 Å². The zero-order chi connectivity index (χ0) is 13.5. The van der Waals surface area contributed by atoms with Gasteiger partial charge in [-0.2, -0.15) is 17.0 Å². The highest BCUT2D eigenvalue weighted by Gasteiger charge is 2.13. The first-order chi connectivity index (χ1) is 8.58. The number of methoxy groups -OCH3 is 1. The third-order valence-electron chi connectivity index (χ3n) is 2.23. The summed E-state index contributed by atoms with van der Waals surface area (Å²) in [7, 11) is 1.27. The second-order valence-electron chi connectivity index (χ2n) is 3.56. The van der Waals surface area contributed by atoms with E-state index in [1.807, 2.05) is 6.07 Å². The zero-order valence-electron chi connectivity index (χ0n) is 9.85. The maximum atomic E-state index is 13.4. The van der Waals surface area contributed by atoms with Gasteiger partial charge in [-0.15, -0.1) is 0 Å². The van der Waals surface area contributed by atoms with Crippen LogP contribution in [-0.4, -0.2) is 24.9 Å². The summed E-state index contributed by atoms with van der Waals surface area (Å²) in [5.41, 5.74) is 6.38. The van der Waals surface area contributed by atoms with Crippen molar-refractivity contribution in [3.05, 3.63) is 35.1 Å². The molecule has 0 amide bonds. The molecule has 0 heterocycles. The van der Waals surface area contributed by atoms with Crippen LogP contribution in [0.15, 0.2) is 18.2 Å². The Bertz CT molecular complexity index is 474. The van der Waals surface area contributed by atoms with Gasteiger partial charge in [0.2, 0.25) is 0 Å². The van der Waals surface area contributed by atoms with E-state index in [1.54, 1.807) is 0 Å². The van der Waals surface area contributed by atoms with Crippen LogP contribution in [0, 0.1) is 17.1 Å². The van der Waals surface area contributed by atoms with Crippen molar-refractivity contribution in [3.8, 4) is 6.07 Å². The smallest absolute Gasteiger partial charge is 0.323 e. The van der Waals surface area contributed by atoms with E-state index in [-0.39, 0.29) is 5.82 Å². The summed E-state index contributed by atoms with van der Waals surface area (Å²) < 4.78 is 17.9. The molecule has 1 unspecified atom stereocenters. The fraction of sp³-hybridized carbons (Fsp3) is 0.333. The number of hydrogen-bond donors (Lipinski definition) is 1. The second kappa shape index (κ2) is 6.99. The average Bonchev–Trinajstić information content (AvgIpc) is 2.39. The number of carbonyl (C=O) groups excluding carboxylic acids is 1. The zero-order valence-corrected chi connectivity index (χ0v) is 10.7. The minimum absolute atomic E-state index is 0.336. The molecule has 96 valence electrons. The number of nitrogens with zero attached hydrogens (tertiary/aromatic N) is 1. The van der Waals surface area contributed by atoms with Gasteiger partial charge in [0.15, 0.2) is 0 Å². The minimum Gasteiger partial charge on any atom is -0.468 e. The van der Waals surface area contributed by atoms with Gasteiger partial charge in [-0.25, -0.2) is 4.39 Å². The van der Waals surface area contributed by atoms with E-state index in [9.17, 15) is 9.18 Å². The third-order valence-corrected chi connectivity index (χ3v) is 3.34. The molecule has 1 aromatic rings. The van der Waals surface area contributed by atoms with Gasteiger partial charge in [0.05, 0.1) is 18.7 Å². The van der Waals surface area contributed by atoms with Crippen LogP contribution in [0.3, 0.4) is 0 Å². The normalized spacial score (nSPS) is 11.7. The van der Waals surface area contributed by atoms with E-state index in [0.29, 0.717) is 22.6 Å². The Balaban J connectivity index is 2.54. The number of nitrogens with two attached hydrogens (primary N) is 1. The number of carbonyl (C=O) groups is 1. The summed E-state index contributed by atoms with van der Waals surface area (Å²) in [4.78, 5) is 11.0. The van der Waals surface area contributed by atoms with Crippen molar-refractivity contribution in [1.82, 2.24) is 0 Å². The Kier molecular flexibility index (Phi) is 5.62. The molecule has 0 saturated heterocycles. The van der Waals surface area contributed by atoms with Gasteiger partial charge in [-0.3, -0.25) is 4.79 Å². The van der Waals surface area contributed by atoms with Crippen LogP contribution in [-0.2, 0) is 15.3 Å². The monoisotopic (exact) mass is 268 g/mol. The van der Waals surface area contributed by atoms with E-state index < -0.39 is 12.0 Å². The minimum atomic E-state index is -0.720. The van der Waals surface area contributed by atoms with Gasteiger partial charge in [-0.05, 0) is 23.8 Å². The van der Waals surface area contributed by atoms with Gasteiger partial charge in [0.25, 0.3) is 0 Å². The lowest BCUT2D eigenvalue weighted by atomic mass is 10.1. The van der Waals surface area contributed by atoms with Gasteiger partial charge < -0.3 is 10.5 Å². The quantitative estimate of drug-likeness (QED) is 0.817. The molecule has 0 radical (unpaired) electrons. The van der Waals surface area contributed by atoms with Crippen molar-refractivity contribution in [2.45, 2.75) is 11.8 Å². The Hall–Kier alpha value is -1.58. The van der Waals surface area contributed by atoms with Crippen LogP contribution in [0.1, 0.15) is 11.1 Å². The van der Waals surface area contributed by atoms with E-state index in [4.69, 9.17) is 11.0 Å². The van der Waals surface area contributed by atoms with Crippen LogP contribution in [0.5, 0.6) is 0 Å². The number of ether oxygens (including phenoxy) is 1. The summed E-state index contributed by atoms with van der Waals surface area (Å²) in [6, 6.07) is 5.40. The van der Waals surface area contributed by atoms with E-state index in [1.165, 1.54) is 37.1 Å². The van der Waals surface area contributed by atoms with Crippen LogP contribution in [0.25, 0.3) is 0 Å². The molecule has 4 nitrogen and oxygen atoms in total. The fourth-order valence-electron chi connectivity index (χ4n) is 1.27. The number of nitriles is 1. The van der Waals surface area contributed by atoms with Crippen molar-refractivity contribution < 1.29 is 13.9 Å². The lowest BCUT2D eigenvalue weighted by molar-refractivity contribution is -0.141. The maximum Gasteiger partial charge on any atom is 0.323 e. The molecule has 1 aromatic carbocycles. The molecule has 1 atom stereocenters. The molecule has 0 fully saturated rings. The average molecular weight is 268 g/mol. The number of rotatable bonds is 5. The van der Waals surface area contributed by atoms with Crippen molar-refractivity contribution in [2.75, 3.05) is 12.9 Å². The highest BCUT2D eigenvalue weighted by Crippen LogP contribution is 2.17. The van der Waals surface area contributed by atoms with Crippen molar-refractivity contribution in [2.24, 2.45) is 5.73 Å². The highest BCUT2D eigenvalue weighted by atomic mass is 32.2. The van der Waals surface area contributed by atoms with Crippen LogP contribution >= 0.6 is 11.8 Å². The van der Waals surface area contributed by atoms with Crippen LogP contribution in [0.4, 0.5) is 4.39 Å². The van der Waals surface area contributed by atoms with E-state index >= 15 is 0 Å². The molecular weight excluding hydrogens is 255 g/mol. The first kappa shape index (κ1) is 14.5. The summed E-state index contributed by atoms with van der Waals surface area (Å²) in [5.74, 6) is -0.170. The summed E-state index contributed by atoms with van der Waals surface area (Å²) in [6.45, 7) is 0. The lowest BCUT2D eigenvalue weighted by Crippen LogP contribution is -2.33. The predicted octanol–water partition coefficient (Wildman–Crippen LogP) is 1.43. The highest BCUT2D eigenvalue weighted by molar-refractivity contribution is 7.98. The molecule has 0 saturated carbocycles. The number of esters is 1. The number of hydrogen-bond acceptors (Lipinski definition) is 5. The summed E-state index contributed by atoms with van der Waals surface area (Å²) in [6.07, 6.45) is 0. The first-order valence-corrected chi connectivity index (χ1v) is 6.33. The Morgan fingerprint density at radius 3 is 3.00 bits per heavy atom. The standard InChI is InChI=1S/C12H13FN2O2S/c1-17-12(16)11(15)7-18-6-9-4-8(5-14)2-3-10(9)13/h2-4,11H,6-7,15H2,1H3. The Labute approximate surface area is 109 Å². The molecule has 0 aliphatic heterocycles. The van der Waals surface area contributed by atoms with Gasteiger partial charge in [0, 0.05) is 11.5 Å². The molecule has 1 rings (SSSR count). The number of thioether (sulfide) groups is 1. The molecular formula is C12H13FN2O2S. The molecule has 0 aliphatic rings. The largest absolute Gasteiger partial charge is 0.468 e. The first-order valence-electron chi connectivity index (χ1n) is 5.18. The lowest BCUT2D eigenvalue weighted by Gasteiger charge is -2.09. The SMILES string of the molecule is COC(=O)C(N)CSCc1cc(C#N)ccc1F. The summed E-state index contributed by atoms with van der Waals surface area (Å²) in [5, 5.41) is 8.71. The van der Waals surface area contributed by atoms with Gasteiger partial charge in [-0.1, -0.05) is 0 Å². The number of benzene rings is 1. The van der Waals surface area contributed by atoms with Crippen molar-refractivity contribution in [3.63, 3.8) is 0 Å². The Morgan fingerprint density at radius 2 is 2.39 bits per heavy atom. The van der Waals surface area contributed by atoms with Crippen molar-refractivity contribution in [1.29, 1.82) is 5.26 Å². The Morgan fingerprint density at radius 1 is 1.67 bits per heavy atom. The molecule has 18 heavy (non-hydrogen) atoms. The number of halogens is 1. The molecule has 0 aromatic heterocycles. The second-order valence-corrected chi connectivity index (χ2v) is 4.59. The molecule has 0 aliphatic carbocycles. The predicted molar refractivity (Wildman–Crippen MR) is 67.3 cm³/mol. The molecule has 2 N–H and O–H groups in total. The fourth-order valence-corrected chi connectivity index (χ4v) is 2.22. The van der Waals surface area contributed by atoms with E-state index in [2.05, 4.69) is 4.74 Å². The van der Waals surface area contributed by atoms with Crippen LogP contribution in [0.2, 0.25) is 0 Å². The van der Waals surface area contributed by atoms with Gasteiger partial charge in [0.1, 0.15) is 11.9 Å². The third kappa shape index (κ3) is 4.02. The molecule has 0 spiro atoms. The summed E-state index contributed by atoms with van der Waals surface area (Å²) >= 11 is 1.32. The molecule has 0 bridgehead atoms. The maximum absolute atomic E-state index is 13.4. The topological polar surface area (TPSA) is 76.1 Å².